The Morgan fingerprint density at radius 3 is 2.74 bits per heavy atom. The Bertz CT molecular complexity index is 700. The third-order valence-corrected chi connectivity index (χ3v) is 5.85. The molecule has 4 rings (SSSR count). The molecule has 2 heterocycles. The van der Waals surface area contributed by atoms with Crippen molar-refractivity contribution in [3.8, 4) is 0 Å². The highest BCUT2D eigenvalue weighted by Crippen LogP contribution is 2.33. The summed E-state index contributed by atoms with van der Waals surface area (Å²) < 4.78 is 6.00. The van der Waals surface area contributed by atoms with E-state index in [-0.39, 0.29) is 5.91 Å². The summed E-state index contributed by atoms with van der Waals surface area (Å²) >= 11 is 1.91. The SMILES string of the molecule is O=C(c1ccc2nc(C3CCCCC3)oc2c1)N1CCSCC1. The van der Waals surface area contributed by atoms with Gasteiger partial charge in [-0.15, -0.1) is 0 Å². The summed E-state index contributed by atoms with van der Waals surface area (Å²) in [5, 5.41) is 0. The molecule has 1 aliphatic heterocycles. The van der Waals surface area contributed by atoms with Crippen molar-refractivity contribution in [3.05, 3.63) is 29.7 Å². The molecule has 23 heavy (non-hydrogen) atoms. The molecule has 5 heteroatoms. The first-order chi connectivity index (χ1) is 11.3. The lowest BCUT2D eigenvalue weighted by molar-refractivity contribution is 0.0772. The van der Waals surface area contributed by atoms with E-state index in [2.05, 4.69) is 4.98 Å². The summed E-state index contributed by atoms with van der Waals surface area (Å²) in [4.78, 5) is 19.2. The quantitative estimate of drug-likeness (QED) is 0.833. The van der Waals surface area contributed by atoms with E-state index in [1.807, 2.05) is 34.9 Å². The number of hydrogen-bond acceptors (Lipinski definition) is 4. The van der Waals surface area contributed by atoms with Crippen molar-refractivity contribution in [1.82, 2.24) is 9.88 Å². The van der Waals surface area contributed by atoms with Crippen LogP contribution in [-0.2, 0) is 0 Å². The monoisotopic (exact) mass is 330 g/mol. The van der Waals surface area contributed by atoms with Gasteiger partial charge < -0.3 is 9.32 Å². The molecule has 2 aromatic rings. The Balaban J connectivity index is 1.58. The van der Waals surface area contributed by atoms with Crippen LogP contribution < -0.4 is 0 Å². The summed E-state index contributed by atoms with van der Waals surface area (Å²) in [6.07, 6.45) is 6.19. The number of aromatic nitrogens is 1. The standard InChI is InChI=1S/C18H22N2O2S/c21-18(20-8-10-23-11-9-20)14-6-7-15-16(12-14)22-17(19-15)13-4-2-1-3-5-13/h6-7,12-13H,1-5,8-11H2. The highest BCUT2D eigenvalue weighted by molar-refractivity contribution is 7.99. The van der Waals surface area contributed by atoms with Crippen LogP contribution in [0.2, 0.25) is 0 Å². The molecule has 1 saturated carbocycles. The fourth-order valence-corrected chi connectivity index (χ4v) is 4.45. The lowest BCUT2D eigenvalue weighted by atomic mass is 9.89. The second kappa shape index (κ2) is 6.56. The van der Waals surface area contributed by atoms with Crippen molar-refractivity contribution in [1.29, 1.82) is 0 Å². The van der Waals surface area contributed by atoms with E-state index in [1.165, 1.54) is 32.1 Å². The first-order valence-corrected chi connectivity index (χ1v) is 9.74. The van der Waals surface area contributed by atoms with E-state index in [4.69, 9.17) is 4.42 Å². The smallest absolute Gasteiger partial charge is 0.254 e. The molecule has 0 unspecified atom stereocenters. The molecule has 4 nitrogen and oxygen atoms in total. The molecule has 0 bridgehead atoms. The van der Waals surface area contributed by atoms with Crippen molar-refractivity contribution in [3.63, 3.8) is 0 Å². The van der Waals surface area contributed by atoms with Crippen molar-refractivity contribution in [2.45, 2.75) is 38.0 Å². The molecule has 2 fully saturated rings. The Kier molecular flexibility index (Phi) is 4.29. The summed E-state index contributed by atoms with van der Waals surface area (Å²) in [5.74, 6) is 3.49. The summed E-state index contributed by atoms with van der Waals surface area (Å²) in [6.45, 7) is 1.68. The zero-order chi connectivity index (χ0) is 15.6. The molecule has 1 saturated heterocycles. The van der Waals surface area contributed by atoms with Crippen molar-refractivity contribution < 1.29 is 9.21 Å². The number of rotatable bonds is 2. The Labute approximate surface area is 140 Å². The topological polar surface area (TPSA) is 46.3 Å². The van der Waals surface area contributed by atoms with Crippen molar-refractivity contribution >= 4 is 28.8 Å². The lowest BCUT2D eigenvalue weighted by Gasteiger charge is -2.26. The van der Waals surface area contributed by atoms with E-state index in [0.29, 0.717) is 5.92 Å². The van der Waals surface area contributed by atoms with E-state index < -0.39 is 0 Å². The Hall–Kier alpha value is -1.49. The number of nitrogens with zero attached hydrogens (tertiary/aromatic N) is 2. The summed E-state index contributed by atoms with van der Waals surface area (Å²) in [7, 11) is 0. The highest BCUT2D eigenvalue weighted by atomic mass is 32.2. The molecule has 0 spiro atoms. The molecule has 1 aromatic carbocycles. The van der Waals surface area contributed by atoms with Gasteiger partial charge in [0.15, 0.2) is 11.5 Å². The molecule has 1 aromatic heterocycles. The number of carbonyl (C=O) groups is 1. The average Bonchev–Trinajstić information content (AvgIpc) is 3.06. The van der Waals surface area contributed by atoms with Gasteiger partial charge in [0, 0.05) is 36.1 Å². The van der Waals surface area contributed by atoms with E-state index in [1.54, 1.807) is 0 Å². The first kappa shape index (κ1) is 15.1. The molecule has 2 aliphatic rings. The number of amides is 1. The third kappa shape index (κ3) is 3.11. The molecule has 0 atom stereocenters. The van der Waals surface area contributed by atoms with Gasteiger partial charge in [-0.2, -0.15) is 11.8 Å². The van der Waals surface area contributed by atoms with Gasteiger partial charge in [-0.3, -0.25) is 4.79 Å². The molecule has 0 radical (unpaired) electrons. The number of carbonyl (C=O) groups excluding carboxylic acids is 1. The minimum Gasteiger partial charge on any atom is -0.440 e. The van der Waals surface area contributed by atoms with Crippen LogP contribution in [-0.4, -0.2) is 40.4 Å². The second-order valence-corrected chi connectivity index (χ2v) is 7.70. The maximum atomic E-state index is 12.6. The van der Waals surface area contributed by atoms with Crippen LogP contribution in [0.25, 0.3) is 11.1 Å². The van der Waals surface area contributed by atoms with Gasteiger partial charge in [0.1, 0.15) is 5.52 Å². The van der Waals surface area contributed by atoms with Crippen LogP contribution in [0.15, 0.2) is 22.6 Å². The Morgan fingerprint density at radius 2 is 1.96 bits per heavy atom. The van der Waals surface area contributed by atoms with Crippen LogP contribution in [0.5, 0.6) is 0 Å². The van der Waals surface area contributed by atoms with Gasteiger partial charge >= 0.3 is 0 Å². The molecular formula is C18H22N2O2S. The molecule has 122 valence electrons. The van der Waals surface area contributed by atoms with Gasteiger partial charge in [-0.05, 0) is 31.0 Å². The molecule has 0 N–H and O–H groups in total. The number of fused-ring (bicyclic) bond motifs is 1. The van der Waals surface area contributed by atoms with E-state index >= 15 is 0 Å². The summed E-state index contributed by atoms with van der Waals surface area (Å²) in [5.41, 5.74) is 2.34. The minimum absolute atomic E-state index is 0.114. The highest BCUT2D eigenvalue weighted by Gasteiger charge is 2.22. The predicted molar refractivity (Wildman–Crippen MR) is 93.1 cm³/mol. The van der Waals surface area contributed by atoms with Gasteiger partial charge in [0.25, 0.3) is 5.91 Å². The zero-order valence-electron chi connectivity index (χ0n) is 13.3. The van der Waals surface area contributed by atoms with Crippen molar-refractivity contribution in [2.75, 3.05) is 24.6 Å². The largest absolute Gasteiger partial charge is 0.440 e. The maximum Gasteiger partial charge on any atom is 0.254 e. The number of thioether (sulfide) groups is 1. The summed E-state index contributed by atoms with van der Waals surface area (Å²) in [6, 6.07) is 5.69. The van der Waals surface area contributed by atoms with Gasteiger partial charge in [0.2, 0.25) is 0 Å². The van der Waals surface area contributed by atoms with Crippen LogP contribution in [0.3, 0.4) is 0 Å². The maximum absolute atomic E-state index is 12.6. The number of benzene rings is 1. The van der Waals surface area contributed by atoms with Crippen LogP contribution in [0.4, 0.5) is 0 Å². The molecular weight excluding hydrogens is 308 g/mol. The minimum atomic E-state index is 0.114. The Morgan fingerprint density at radius 1 is 1.17 bits per heavy atom. The average molecular weight is 330 g/mol. The van der Waals surface area contributed by atoms with Crippen LogP contribution in [0, 0.1) is 0 Å². The first-order valence-electron chi connectivity index (χ1n) is 8.59. The normalized spacial score (nSPS) is 20.1. The number of oxazole rings is 1. The number of hydrogen-bond donors (Lipinski definition) is 0. The predicted octanol–water partition coefficient (Wildman–Crippen LogP) is 4.06. The van der Waals surface area contributed by atoms with Gasteiger partial charge in [-0.25, -0.2) is 4.98 Å². The fraction of sp³-hybridized carbons (Fsp3) is 0.556. The van der Waals surface area contributed by atoms with Gasteiger partial charge in [0.05, 0.1) is 0 Å². The van der Waals surface area contributed by atoms with Crippen LogP contribution in [0.1, 0.15) is 54.3 Å². The zero-order valence-corrected chi connectivity index (χ0v) is 14.1. The van der Waals surface area contributed by atoms with Crippen molar-refractivity contribution in [2.24, 2.45) is 0 Å². The molecule has 1 aliphatic carbocycles. The van der Waals surface area contributed by atoms with E-state index in [0.717, 1.165) is 47.1 Å². The van der Waals surface area contributed by atoms with E-state index in [9.17, 15) is 4.79 Å². The van der Waals surface area contributed by atoms with Crippen LogP contribution >= 0.6 is 11.8 Å². The molecule has 1 amide bonds. The van der Waals surface area contributed by atoms with Gasteiger partial charge in [-0.1, -0.05) is 19.3 Å². The fourth-order valence-electron chi connectivity index (χ4n) is 3.55. The third-order valence-electron chi connectivity index (χ3n) is 4.90. The second-order valence-electron chi connectivity index (χ2n) is 6.47. The lowest BCUT2D eigenvalue weighted by Crippen LogP contribution is -2.37.